The van der Waals surface area contributed by atoms with Crippen LogP contribution >= 0.6 is 0 Å². The molecule has 0 spiro atoms. The molecule has 0 saturated carbocycles. The summed E-state index contributed by atoms with van der Waals surface area (Å²) >= 11 is 0. The minimum atomic E-state index is -0.780. The van der Waals surface area contributed by atoms with Gasteiger partial charge in [0.05, 0.1) is 11.5 Å². The van der Waals surface area contributed by atoms with Crippen LogP contribution in [0.4, 0.5) is 5.69 Å². The number of para-hydroxylation sites is 1. The van der Waals surface area contributed by atoms with Crippen LogP contribution in [0.15, 0.2) is 48.5 Å². The molecule has 0 saturated heterocycles. The molecule has 2 rings (SSSR count). The van der Waals surface area contributed by atoms with Gasteiger partial charge in [0.1, 0.15) is 11.3 Å². The van der Waals surface area contributed by atoms with E-state index in [1.54, 1.807) is 24.3 Å². The van der Waals surface area contributed by atoms with Crippen molar-refractivity contribution < 1.29 is 19.2 Å². The number of carbonyl (C=O) groups is 2. The van der Waals surface area contributed by atoms with Gasteiger partial charge in [-0.1, -0.05) is 32.0 Å². The lowest BCUT2D eigenvalue weighted by molar-refractivity contribution is -0.385. The topological polar surface area (TPSA) is 111 Å². The van der Waals surface area contributed by atoms with Gasteiger partial charge in [0.15, 0.2) is 0 Å². The molecule has 0 bridgehead atoms. The lowest BCUT2D eigenvalue weighted by Crippen LogP contribution is -2.41. The summed E-state index contributed by atoms with van der Waals surface area (Å²) in [6.07, 6.45) is 0. The quantitative estimate of drug-likeness (QED) is 0.610. The fourth-order valence-corrected chi connectivity index (χ4v) is 2.07. The van der Waals surface area contributed by atoms with Gasteiger partial charge in [0.2, 0.25) is 0 Å². The lowest BCUT2D eigenvalue weighted by atomic mass is 10.1. The van der Waals surface area contributed by atoms with E-state index < -0.39 is 16.7 Å². The molecule has 136 valence electrons. The van der Waals surface area contributed by atoms with Crippen LogP contribution in [0.25, 0.3) is 0 Å². The second-order valence-electron chi connectivity index (χ2n) is 5.92. The molecule has 2 amide bonds. The van der Waals surface area contributed by atoms with E-state index >= 15 is 0 Å². The number of benzene rings is 2. The summed E-state index contributed by atoms with van der Waals surface area (Å²) in [5.41, 5.74) is 4.21. The molecule has 2 N–H and O–H groups in total. The van der Waals surface area contributed by atoms with E-state index in [4.69, 9.17) is 4.74 Å². The normalized spacial score (nSPS) is 10.3. The zero-order valence-electron chi connectivity index (χ0n) is 14.4. The van der Waals surface area contributed by atoms with Gasteiger partial charge in [-0.05, 0) is 30.2 Å². The molecule has 0 aliphatic heterocycles. The van der Waals surface area contributed by atoms with E-state index in [-0.39, 0.29) is 16.8 Å². The number of hydrogen-bond donors (Lipinski definition) is 2. The summed E-state index contributed by atoms with van der Waals surface area (Å²) in [7, 11) is 0. The standard InChI is InChI=1S/C18H19N3O5/c1-12(2)11-26-14-7-5-6-13(10-14)17(22)19-20-18(23)15-8-3-4-9-16(15)21(24)25/h3-10,12H,11H2,1-2H3,(H,19,22)(H,20,23). The fraction of sp³-hybridized carbons (Fsp3) is 0.222. The number of carbonyl (C=O) groups excluding carboxylic acids is 2. The molecule has 0 aromatic heterocycles. The molecule has 0 aliphatic rings. The Balaban J connectivity index is 2.02. The molecule has 2 aromatic carbocycles. The maximum Gasteiger partial charge on any atom is 0.282 e. The van der Waals surface area contributed by atoms with E-state index in [0.29, 0.717) is 18.3 Å². The summed E-state index contributed by atoms with van der Waals surface area (Å²) in [5, 5.41) is 11.0. The summed E-state index contributed by atoms with van der Waals surface area (Å²) in [6.45, 7) is 4.53. The van der Waals surface area contributed by atoms with Crippen molar-refractivity contribution in [2.75, 3.05) is 6.61 Å². The summed E-state index contributed by atoms with van der Waals surface area (Å²) in [4.78, 5) is 34.6. The third-order valence-corrected chi connectivity index (χ3v) is 3.31. The minimum Gasteiger partial charge on any atom is -0.493 e. The number of nitrogens with zero attached hydrogens (tertiary/aromatic N) is 1. The molecule has 0 radical (unpaired) electrons. The van der Waals surface area contributed by atoms with E-state index in [9.17, 15) is 19.7 Å². The maximum atomic E-state index is 12.2. The lowest BCUT2D eigenvalue weighted by Gasteiger charge is -2.11. The van der Waals surface area contributed by atoms with Crippen molar-refractivity contribution in [2.45, 2.75) is 13.8 Å². The zero-order valence-corrected chi connectivity index (χ0v) is 14.4. The van der Waals surface area contributed by atoms with Crippen molar-refractivity contribution >= 4 is 17.5 Å². The monoisotopic (exact) mass is 357 g/mol. The first-order chi connectivity index (χ1) is 12.4. The highest BCUT2D eigenvalue weighted by Crippen LogP contribution is 2.17. The fourth-order valence-electron chi connectivity index (χ4n) is 2.07. The van der Waals surface area contributed by atoms with Gasteiger partial charge in [-0.25, -0.2) is 0 Å². The van der Waals surface area contributed by atoms with Crippen molar-refractivity contribution in [1.82, 2.24) is 10.9 Å². The third-order valence-electron chi connectivity index (χ3n) is 3.31. The van der Waals surface area contributed by atoms with Crippen LogP contribution in [0, 0.1) is 16.0 Å². The molecular formula is C18H19N3O5. The summed E-state index contributed by atoms with van der Waals surface area (Å²) < 4.78 is 5.55. The van der Waals surface area contributed by atoms with Gasteiger partial charge in [-0.3, -0.25) is 30.6 Å². The predicted octanol–water partition coefficient (Wildman–Crippen LogP) is 2.70. The van der Waals surface area contributed by atoms with Crippen molar-refractivity contribution in [1.29, 1.82) is 0 Å². The second kappa shape index (κ2) is 8.61. The number of ether oxygens (including phenoxy) is 1. The van der Waals surface area contributed by atoms with Crippen LogP contribution in [-0.4, -0.2) is 23.3 Å². The van der Waals surface area contributed by atoms with Crippen molar-refractivity contribution in [3.05, 3.63) is 69.8 Å². The highest BCUT2D eigenvalue weighted by atomic mass is 16.6. The Morgan fingerprint density at radius 2 is 1.77 bits per heavy atom. The van der Waals surface area contributed by atoms with Crippen LogP contribution in [0.3, 0.4) is 0 Å². The summed E-state index contributed by atoms with van der Waals surface area (Å²) in [6, 6.07) is 12.0. The molecule has 2 aromatic rings. The van der Waals surface area contributed by atoms with Crippen molar-refractivity contribution in [3.63, 3.8) is 0 Å². The average molecular weight is 357 g/mol. The van der Waals surface area contributed by atoms with Crippen LogP contribution in [0.2, 0.25) is 0 Å². The number of hydrogen-bond acceptors (Lipinski definition) is 5. The van der Waals surface area contributed by atoms with Gasteiger partial charge < -0.3 is 4.74 Å². The Hall–Kier alpha value is -3.42. The van der Waals surface area contributed by atoms with E-state index in [1.807, 2.05) is 13.8 Å². The highest BCUT2D eigenvalue weighted by molar-refractivity contribution is 6.01. The van der Waals surface area contributed by atoms with Gasteiger partial charge in [-0.2, -0.15) is 0 Å². The Bertz CT molecular complexity index is 820. The first-order valence-electron chi connectivity index (χ1n) is 7.95. The SMILES string of the molecule is CC(C)COc1cccc(C(=O)NNC(=O)c2ccccc2[N+](=O)[O-])c1. The number of nitro benzene ring substituents is 1. The van der Waals surface area contributed by atoms with Crippen LogP contribution in [0.1, 0.15) is 34.6 Å². The number of amides is 2. The Morgan fingerprint density at radius 1 is 1.08 bits per heavy atom. The van der Waals surface area contributed by atoms with Crippen LogP contribution in [0.5, 0.6) is 5.75 Å². The first-order valence-corrected chi connectivity index (χ1v) is 7.95. The van der Waals surface area contributed by atoms with Gasteiger partial charge in [0.25, 0.3) is 17.5 Å². The van der Waals surface area contributed by atoms with E-state index in [0.717, 1.165) is 0 Å². The third kappa shape index (κ3) is 5.04. The number of nitrogens with one attached hydrogen (secondary N) is 2. The van der Waals surface area contributed by atoms with Gasteiger partial charge >= 0.3 is 0 Å². The maximum absolute atomic E-state index is 12.2. The second-order valence-corrected chi connectivity index (χ2v) is 5.92. The van der Waals surface area contributed by atoms with E-state index in [2.05, 4.69) is 10.9 Å². The van der Waals surface area contributed by atoms with Gasteiger partial charge in [0, 0.05) is 11.6 Å². The molecule has 0 fully saturated rings. The molecule has 0 aliphatic carbocycles. The van der Waals surface area contributed by atoms with Crippen LogP contribution < -0.4 is 15.6 Å². The Labute approximate surface area is 150 Å². The molecule has 26 heavy (non-hydrogen) atoms. The molecule has 8 nitrogen and oxygen atoms in total. The number of rotatable bonds is 6. The highest BCUT2D eigenvalue weighted by Gasteiger charge is 2.19. The zero-order chi connectivity index (χ0) is 19.1. The predicted molar refractivity (Wildman–Crippen MR) is 94.8 cm³/mol. The molecule has 0 heterocycles. The van der Waals surface area contributed by atoms with Gasteiger partial charge in [-0.15, -0.1) is 0 Å². The minimum absolute atomic E-state index is 0.146. The average Bonchev–Trinajstić information content (AvgIpc) is 2.64. The first kappa shape index (κ1) is 18.9. The largest absolute Gasteiger partial charge is 0.493 e. The molecular weight excluding hydrogens is 338 g/mol. The summed E-state index contributed by atoms with van der Waals surface area (Å²) in [5.74, 6) is -0.463. The van der Waals surface area contributed by atoms with Crippen molar-refractivity contribution in [3.8, 4) is 5.75 Å². The van der Waals surface area contributed by atoms with E-state index in [1.165, 1.54) is 24.3 Å². The Kier molecular flexibility index (Phi) is 6.26. The smallest absolute Gasteiger partial charge is 0.282 e. The van der Waals surface area contributed by atoms with Crippen LogP contribution in [-0.2, 0) is 0 Å². The molecule has 8 heteroatoms. The number of nitro groups is 1. The number of hydrazine groups is 1. The molecule has 0 atom stereocenters. The molecule has 0 unspecified atom stereocenters. The Morgan fingerprint density at radius 3 is 2.46 bits per heavy atom. The van der Waals surface area contributed by atoms with Crippen molar-refractivity contribution in [2.24, 2.45) is 5.92 Å².